The number of nitrogens with one attached hydrogen (secondary N) is 1. The summed E-state index contributed by atoms with van der Waals surface area (Å²) in [6.07, 6.45) is 0. The molecule has 0 heterocycles. The Morgan fingerprint density at radius 2 is 1.89 bits per heavy atom. The lowest BCUT2D eigenvalue weighted by Gasteiger charge is -2.10. The van der Waals surface area contributed by atoms with Gasteiger partial charge >= 0.3 is 0 Å². The average Bonchev–Trinajstić information content (AvgIpc) is 2.30. The van der Waals surface area contributed by atoms with Crippen LogP contribution in [-0.4, -0.2) is 0 Å². The molecule has 1 N–H and O–H groups in total. The molecule has 0 radical (unpaired) electrons. The number of benzene rings is 2. The van der Waals surface area contributed by atoms with Gasteiger partial charge in [-0.2, -0.15) is 0 Å². The Morgan fingerprint density at radius 3 is 2.56 bits per heavy atom. The summed E-state index contributed by atoms with van der Waals surface area (Å²) < 4.78 is 1.10. The first kappa shape index (κ1) is 14.0. The highest BCUT2D eigenvalue weighted by atomic mass is 127. The topological polar surface area (TPSA) is 12.0 Å². The minimum absolute atomic E-state index is 0.705. The summed E-state index contributed by atoms with van der Waals surface area (Å²) in [5.41, 5.74) is 3.33. The zero-order valence-corrected chi connectivity index (χ0v) is 13.5. The van der Waals surface area contributed by atoms with Crippen LogP contribution in [-0.2, 0) is 6.54 Å². The standard InChI is InChI=1S/C14H12Cl2IN/c1-9-2-3-10(12(16)6-9)8-18-14-5-4-11(15)7-13(14)17/h2-7,18H,8H2,1H3. The van der Waals surface area contributed by atoms with E-state index in [9.17, 15) is 0 Å². The van der Waals surface area contributed by atoms with Crippen molar-refractivity contribution in [3.05, 3.63) is 61.1 Å². The minimum Gasteiger partial charge on any atom is -0.380 e. The van der Waals surface area contributed by atoms with Gasteiger partial charge in [-0.25, -0.2) is 0 Å². The number of hydrogen-bond donors (Lipinski definition) is 1. The Morgan fingerprint density at radius 1 is 1.11 bits per heavy atom. The van der Waals surface area contributed by atoms with Crippen molar-refractivity contribution in [1.29, 1.82) is 0 Å². The molecule has 0 amide bonds. The van der Waals surface area contributed by atoms with Gasteiger partial charge in [0.2, 0.25) is 0 Å². The Hall–Kier alpha value is -0.450. The second-order valence-electron chi connectivity index (χ2n) is 4.07. The highest BCUT2D eigenvalue weighted by molar-refractivity contribution is 14.1. The zero-order chi connectivity index (χ0) is 13.1. The van der Waals surface area contributed by atoms with E-state index in [1.807, 2.05) is 37.3 Å². The molecule has 0 aliphatic heterocycles. The minimum atomic E-state index is 0.705. The molecular formula is C14H12Cl2IN. The van der Waals surface area contributed by atoms with Gasteiger partial charge in [0.25, 0.3) is 0 Å². The van der Waals surface area contributed by atoms with E-state index in [-0.39, 0.29) is 0 Å². The molecule has 1 nitrogen and oxygen atoms in total. The number of rotatable bonds is 3. The van der Waals surface area contributed by atoms with Crippen LogP contribution in [0.25, 0.3) is 0 Å². The van der Waals surface area contributed by atoms with E-state index < -0.39 is 0 Å². The van der Waals surface area contributed by atoms with Crippen LogP contribution >= 0.6 is 45.8 Å². The maximum Gasteiger partial charge on any atom is 0.0479 e. The Kier molecular flexibility index (Phi) is 4.76. The maximum absolute atomic E-state index is 6.20. The van der Waals surface area contributed by atoms with Crippen molar-refractivity contribution in [3.63, 3.8) is 0 Å². The van der Waals surface area contributed by atoms with Crippen molar-refractivity contribution in [1.82, 2.24) is 0 Å². The van der Waals surface area contributed by atoms with Gasteiger partial charge in [-0.1, -0.05) is 35.3 Å². The quantitative estimate of drug-likeness (QED) is 0.679. The fraction of sp³-hybridized carbons (Fsp3) is 0.143. The van der Waals surface area contributed by atoms with E-state index in [1.54, 1.807) is 0 Å². The molecular weight excluding hydrogens is 380 g/mol. The molecule has 0 unspecified atom stereocenters. The first-order valence-electron chi connectivity index (χ1n) is 5.50. The van der Waals surface area contributed by atoms with E-state index in [1.165, 1.54) is 5.56 Å². The molecule has 0 aromatic heterocycles. The van der Waals surface area contributed by atoms with Gasteiger partial charge in [0.1, 0.15) is 0 Å². The summed E-state index contributed by atoms with van der Waals surface area (Å²) in [6.45, 7) is 2.74. The van der Waals surface area contributed by atoms with Crippen LogP contribution in [0.15, 0.2) is 36.4 Å². The third-order valence-corrected chi connectivity index (χ3v) is 4.09. The average molecular weight is 392 g/mol. The molecule has 0 aliphatic carbocycles. The molecule has 4 heteroatoms. The second kappa shape index (κ2) is 6.13. The number of hydrogen-bond acceptors (Lipinski definition) is 1. The summed E-state index contributed by atoms with van der Waals surface area (Å²) >= 11 is 14.4. The SMILES string of the molecule is Cc1ccc(CNc2ccc(Cl)cc2I)c(Cl)c1. The molecule has 0 aliphatic rings. The lowest BCUT2D eigenvalue weighted by atomic mass is 10.1. The van der Waals surface area contributed by atoms with Crippen LogP contribution in [0.5, 0.6) is 0 Å². The van der Waals surface area contributed by atoms with Crippen molar-refractivity contribution in [2.45, 2.75) is 13.5 Å². The van der Waals surface area contributed by atoms with Crippen molar-refractivity contribution >= 4 is 51.5 Å². The van der Waals surface area contributed by atoms with Crippen LogP contribution < -0.4 is 5.32 Å². The van der Waals surface area contributed by atoms with Gasteiger partial charge in [0.15, 0.2) is 0 Å². The second-order valence-corrected chi connectivity index (χ2v) is 6.08. The van der Waals surface area contributed by atoms with E-state index >= 15 is 0 Å². The smallest absolute Gasteiger partial charge is 0.0479 e. The Bertz CT molecular complexity index is 518. The van der Waals surface area contributed by atoms with Gasteiger partial charge in [0.05, 0.1) is 0 Å². The molecule has 18 heavy (non-hydrogen) atoms. The van der Waals surface area contributed by atoms with Gasteiger partial charge in [-0.15, -0.1) is 0 Å². The van der Waals surface area contributed by atoms with Crippen LogP contribution in [0, 0.1) is 10.5 Å². The molecule has 2 aromatic carbocycles. The van der Waals surface area contributed by atoms with Crippen molar-refractivity contribution in [2.75, 3.05) is 5.32 Å². The number of halogens is 3. The Balaban J connectivity index is 2.11. The van der Waals surface area contributed by atoms with Gasteiger partial charge in [-0.3, -0.25) is 0 Å². The summed E-state index contributed by atoms with van der Waals surface area (Å²) in [4.78, 5) is 0. The molecule has 2 aromatic rings. The van der Waals surface area contributed by atoms with Crippen LogP contribution in [0.2, 0.25) is 10.0 Å². The number of aryl methyl sites for hydroxylation is 1. The molecule has 0 fully saturated rings. The molecule has 0 atom stereocenters. The summed E-state index contributed by atoms with van der Waals surface area (Å²) in [5, 5.41) is 4.91. The lowest BCUT2D eigenvalue weighted by Crippen LogP contribution is -2.01. The highest BCUT2D eigenvalue weighted by Gasteiger charge is 2.03. The summed E-state index contributed by atoms with van der Waals surface area (Å²) in [7, 11) is 0. The monoisotopic (exact) mass is 391 g/mol. The maximum atomic E-state index is 6.20. The van der Waals surface area contributed by atoms with E-state index in [4.69, 9.17) is 23.2 Å². The van der Waals surface area contributed by atoms with Crippen LogP contribution in [0.3, 0.4) is 0 Å². The molecule has 0 saturated carbocycles. The molecule has 2 rings (SSSR count). The number of anilines is 1. The predicted molar refractivity (Wildman–Crippen MR) is 87.7 cm³/mol. The van der Waals surface area contributed by atoms with E-state index in [2.05, 4.69) is 34.0 Å². The van der Waals surface area contributed by atoms with Gasteiger partial charge in [-0.05, 0) is 64.9 Å². The molecule has 94 valence electrons. The third kappa shape index (κ3) is 3.53. The van der Waals surface area contributed by atoms with E-state index in [0.717, 1.165) is 24.9 Å². The van der Waals surface area contributed by atoms with Crippen molar-refractivity contribution in [2.24, 2.45) is 0 Å². The lowest BCUT2D eigenvalue weighted by molar-refractivity contribution is 1.14. The van der Waals surface area contributed by atoms with Crippen LogP contribution in [0.4, 0.5) is 5.69 Å². The fourth-order valence-corrected chi connectivity index (χ4v) is 2.98. The Labute approximate surface area is 131 Å². The largest absolute Gasteiger partial charge is 0.380 e. The molecule has 0 bridgehead atoms. The summed E-state index contributed by atoms with van der Waals surface area (Å²) in [6, 6.07) is 11.9. The third-order valence-electron chi connectivity index (χ3n) is 2.61. The van der Waals surface area contributed by atoms with Crippen molar-refractivity contribution < 1.29 is 0 Å². The first-order valence-corrected chi connectivity index (χ1v) is 7.33. The molecule has 0 spiro atoms. The first-order chi connectivity index (χ1) is 8.56. The van der Waals surface area contributed by atoms with Gasteiger partial charge < -0.3 is 5.32 Å². The van der Waals surface area contributed by atoms with E-state index in [0.29, 0.717) is 6.54 Å². The highest BCUT2D eigenvalue weighted by Crippen LogP contribution is 2.24. The predicted octanol–water partition coefficient (Wildman–Crippen LogP) is 5.52. The van der Waals surface area contributed by atoms with Crippen LogP contribution in [0.1, 0.15) is 11.1 Å². The zero-order valence-electron chi connectivity index (χ0n) is 9.81. The normalized spacial score (nSPS) is 10.4. The fourth-order valence-electron chi connectivity index (χ4n) is 1.62. The molecule has 0 saturated heterocycles. The summed E-state index contributed by atoms with van der Waals surface area (Å²) in [5.74, 6) is 0. The van der Waals surface area contributed by atoms with Crippen molar-refractivity contribution in [3.8, 4) is 0 Å². The van der Waals surface area contributed by atoms with Gasteiger partial charge in [0, 0.05) is 25.8 Å².